The molecule has 0 saturated heterocycles. The summed E-state index contributed by atoms with van der Waals surface area (Å²) in [4.78, 5) is 2.73. The third kappa shape index (κ3) is 3.44. The van der Waals surface area contributed by atoms with Gasteiger partial charge in [0.2, 0.25) is 0 Å². The van der Waals surface area contributed by atoms with E-state index in [-0.39, 0.29) is 0 Å². The van der Waals surface area contributed by atoms with Crippen molar-refractivity contribution < 1.29 is 0 Å². The van der Waals surface area contributed by atoms with E-state index in [1.54, 1.807) is 0 Å². The van der Waals surface area contributed by atoms with Gasteiger partial charge in [-0.05, 0) is 42.3 Å². The van der Waals surface area contributed by atoms with E-state index in [4.69, 9.17) is 0 Å². The zero-order valence-corrected chi connectivity index (χ0v) is 13.4. The van der Waals surface area contributed by atoms with Gasteiger partial charge < -0.3 is 5.32 Å². The van der Waals surface area contributed by atoms with Crippen LogP contribution in [0, 0.1) is 6.92 Å². The number of nitrogens with one attached hydrogen (secondary N) is 1. The third-order valence-electron chi connectivity index (χ3n) is 2.79. The van der Waals surface area contributed by atoms with Gasteiger partial charge in [-0.3, -0.25) is 0 Å². The van der Waals surface area contributed by atoms with Crippen molar-refractivity contribution in [2.24, 2.45) is 0 Å². The number of rotatable bonds is 4. The molecular formula is C15H18BrNS. The van der Waals surface area contributed by atoms with E-state index in [1.165, 1.54) is 25.4 Å². The zero-order chi connectivity index (χ0) is 13.1. The van der Waals surface area contributed by atoms with E-state index < -0.39 is 0 Å². The second-order valence-corrected chi connectivity index (χ2v) is 6.79. The van der Waals surface area contributed by atoms with Gasteiger partial charge in [0.25, 0.3) is 0 Å². The Kier molecular flexibility index (Phi) is 4.60. The molecule has 0 fully saturated rings. The zero-order valence-electron chi connectivity index (χ0n) is 11.0. The van der Waals surface area contributed by atoms with Gasteiger partial charge >= 0.3 is 0 Å². The summed E-state index contributed by atoms with van der Waals surface area (Å²) in [5, 5.41) is 3.45. The van der Waals surface area contributed by atoms with E-state index >= 15 is 0 Å². The highest BCUT2D eigenvalue weighted by molar-refractivity contribution is 9.10. The number of hydrogen-bond donors (Lipinski definition) is 1. The van der Waals surface area contributed by atoms with Crippen molar-refractivity contribution in [3.8, 4) is 10.4 Å². The summed E-state index contributed by atoms with van der Waals surface area (Å²) < 4.78 is 1.17. The van der Waals surface area contributed by atoms with Crippen LogP contribution in [0.2, 0.25) is 0 Å². The topological polar surface area (TPSA) is 12.0 Å². The van der Waals surface area contributed by atoms with Crippen LogP contribution in [0.3, 0.4) is 0 Å². The van der Waals surface area contributed by atoms with Crippen molar-refractivity contribution in [1.29, 1.82) is 0 Å². The molecule has 1 aromatic carbocycles. The second-order valence-electron chi connectivity index (χ2n) is 4.77. The first-order valence-electron chi connectivity index (χ1n) is 6.15. The summed E-state index contributed by atoms with van der Waals surface area (Å²) in [6.07, 6.45) is 0. The fraction of sp³-hybridized carbons (Fsp3) is 0.333. The fourth-order valence-electron chi connectivity index (χ4n) is 1.73. The average molecular weight is 324 g/mol. The predicted octanol–water partition coefficient (Wildman–Crippen LogP) is 4.98. The van der Waals surface area contributed by atoms with Gasteiger partial charge in [-0.25, -0.2) is 0 Å². The molecule has 0 aliphatic rings. The van der Waals surface area contributed by atoms with Crippen molar-refractivity contribution in [1.82, 2.24) is 5.32 Å². The summed E-state index contributed by atoms with van der Waals surface area (Å²) in [6, 6.07) is 11.5. The Morgan fingerprint density at radius 3 is 2.67 bits per heavy atom. The van der Waals surface area contributed by atoms with Gasteiger partial charge in [0.1, 0.15) is 0 Å². The number of thiophene rings is 1. The first-order valence-corrected chi connectivity index (χ1v) is 7.76. The lowest BCUT2D eigenvalue weighted by atomic mass is 10.1. The Hall–Kier alpha value is -0.640. The molecule has 2 rings (SSSR count). The summed E-state index contributed by atoms with van der Waals surface area (Å²) >= 11 is 5.41. The van der Waals surface area contributed by atoms with Crippen LogP contribution in [0.25, 0.3) is 10.4 Å². The van der Waals surface area contributed by atoms with Crippen LogP contribution in [0.5, 0.6) is 0 Å². The molecular weight excluding hydrogens is 306 g/mol. The van der Waals surface area contributed by atoms with Gasteiger partial charge in [-0.2, -0.15) is 0 Å². The molecule has 96 valence electrons. The van der Waals surface area contributed by atoms with Crippen molar-refractivity contribution in [2.75, 3.05) is 0 Å². The lowest BCUT2D eigenvalue weighted by molar-refractivity contribution is 0.593. The second kappa shape index (κ2) is 6.00. The third-order valence-corrected chi connectivity index (χ3v) is 4.81. The monoisotopic (exact) mass is 323 g/mol. The van der Waals surface area contributed by atoms with Crippen LogP contribution in [0.4, 0.5) is 0 Å². The molecule has 1 aromatic heterocycles. The van der Waals surface area contributed by atoms with Gasteiger partial charge in [0.05, 0.1) is 0 Å². The molecule has 0 aliphatic carbocycles. The molecule has 0 amide bonds. The number of halogens is 1. The molecule has 1 N–H and O–H groups in total. The maximum Gasteiger partial charge on any atom is 0.0346 e. The molecule has 0 radical (unpaired) electrons. The minimum atomic E-state index is 0.533. The maximum atomic E-state index is 3.54. The van der Waals surface area contributed by atoms with Crippen LogP contribution < -0.4 is 5.32 Å². The lowest BCUT2D eigenvalue weighted by Crippen LogP contribution is -2.21. The van der Waals surface area contributed by atoms with Crippen molar-refractivity contribution in [2.45, 2.75) is 33.4 Å². The molecule has 18 heavy (non-hydrogen) atoms. The SMILES string of the molecule is Cc1cc(-c2ccc(CNC(C)C)s2)ccc1Br. The van der Waals surface area contributed by atoms with Crippen molar-refractivity contribution in [3.63, 3.8) is 0 Å². The minimum absolute atomic E-state index is 0.533. The molecule has 0 spiro atoms. The van der Waals surface area contributed by atoms with E-state index in [0.717, 1.165) is 6.54 Å². The Morgan fingerprint density at radius 2 is 2.00 bits per heavy atom. The largest absolute Gasteiger partial charge is 0.310 e. The first kappa shape index (κ1) is 13.8. The van der Waals surface area contributed by atoms with Crippen LogP contribution in [0.1, 0.15) is 24.3 Å². The van der Waals surface area contributed by atoms with Crippen LogP contribution in [-0.2, 0) is 6.54 Å². The molecule has 0 saturated carbocycles. The quantitative estimate of drug-likeness (QED) is 0.836. The summed E-state index contributed by atoms with van der Waals surface area (Å²) in [7, 11) is 0. The summed E-state index contributed by atoms with van der Waals surface area (Å²) in [5.41, 5.74) is 2.58. The first-order chi connectivity index (χ1) is 8.56. The number of benzene rings is 1. The van der Waals surface area contributed by atoms with E-state index in [2.05, 4.69) is 72.3 Å². The Bertz CT molecular complexity index is 531. The highest BCUT2D eigenvalue weighted by Crippen LogP contribution is 2.30. The van der Waals surface area contributed by atoms with Crippen LogP contribution >= 0.6 is 27.3 Å². The molecule has 0 aliphatic heterocycles. The van der Waals surface area contributed by atoms with E-state index in [1.807, 2.05) is 11.3 Å². The van der Waals surface area contributed by atoms with Crippen LogP contribution in [-0.4, -0.2) is 6.04 Å². The van der Waals surface area contributed by atoms with Crippen molar-refractivity contribution in [3.05, 3.63) is 45.2 Å². The van der Waals surface area contributed by atoms with E-state index in [0.29, 0.717) is 6.04 Å². The molecule has 0 unspecified atom stereocenters. The highest BCUT2D eigenvalue weighted by atomic mass is 79.9. The number of hydrogen-bond acceptors (Lipinski definition) is 2. The van der Waals surface area contributed by atoms with Gasteiger partial charge in [0.15, 0.2) is 0 Å². The molecule has 1 heterocycles. The summed E-state index contributed by atoms with van der Waals surface area (Å²) in [6.45, 7) is 7.43. The molecule has 3 heteroatoms. The fourth-order valence-corrected chi connectivity index (χ4v) is 2.93. The standard InChI is InChI=1S/C15H18BrNS/c1-10(2)17-9-13-5-7-15(18-13)12-4-6-14(16)11(3)8-12/h4-8,10,17H,9H2,1-3H3. The number of aryl methyl sites for hydroxylation is 1. The Labute approximate surface area is 121 Å². The van der Waals surface area contributed by atoms with Crippen molar-refractivity contribution >= 4 is 27.3 Å². The van der Waals surface area contributed by atoms with E-state index in [9.17, 15) is 0 Å². The molecule has 1 nitrogen and oxygen atoms in total. The lowest BCUT2D eigenvalue weighted by Gasteiger charge is -2.05. The van der Waals surface area contributed by atoms with Crippen LogP contribution in [0.15, 0.2) is 34.8 Å². The summed E-state index contributed by atoms with van der Waals surface area (Å²) in [5.74, 6) is 0. The minimum Gasteiger partial charge on any atom is -0.310 e. The smallest absolute Gasteiger partial charge is 0.0346 e. The predicted molar refractivity (Wildman–Crippen MR) is 84.2 cm³/mol. The molecule has 0 atom stereocenters. The normalized spacial score (nSPS) is 11.2. The Balaban J connectivity index is 2.16. The molecule has 0 bridgehead atoms. The highest BCUT2D eigenvalue weighted by Gasteiger charge is 2.05. The van der Waals surface area contributed by atoms with Gasteiger partial charge in [-0.1, -0.05) is 35.8 Å². The van der Waals surface area contributed by atoms with Gasteiger partial charge in [0, 0.05) is 26.8 Å². The van der Waals surface area contributed by atoms with Gasteiger partial charge in [-0.15, -0.1) is 11.3 Å². The Morgan fingerprint density at radius 1 is 1.22 bits per heavy atom. The average Bonchev–Trinajstić information content (AvgIpc) is 2.79. The maximum absolute atomic E-state index is 3.54. The molecule has 2 aromatic rings.